The van der Waals surface area contributed by atoms with Gasteiger partial charge in [-0.1, -0.05) is 57.0 Å². The van der Waals surface area contributed by atoms with E-state index in [-0.39, 0.29) is 0 Å². The molecule has 0 bridgehead atoms. The van der Waals surface area contributed by atoms with E-state index in [0.717, 1.165) is 12.2 Å². The van der Waals surface area contributed by atoms with Crippen LogP contribution in [-0.4, -0.2) is 10.2 Å². The van der Waals surface area contributed by atoms with Crippen molar-refractivity contribution in [2.75, 3.05) is 0 Å². The number of aromatic nitrogens is 2. The van der Waals surface area contributed by atoms with Crippen LogP contribution < -0.4 is 5.32 Å². The first-order chi connectivity index (χ1) is 9.35. The van der Waals surface area contributed by atoms with Gasteiger partial charge in [0.1, 0.15) is 0 Å². The lowest BCUT2D eigenvalue weighted by atomic mass is 9.89. The molecule has 0 spiro atoms. The number of aromatic amines is 1. The van der Waals surface area contributed by atoms with Crippen LogP contribution >= 0.6 is 0 Å². The molecule has 0 amide bonds. The summed E-state index contributed by atoms with van der Waals surface area (Å²) in [6.07, 6.45) is 4.17. The molecule has 102 valence electrons. The third-order valence-corrected chi connectivity index (χ3v) is 3.75. The summed E-state index contributed by atoms with van der Waals surface area (Å²) in [5, 5.41) is 10.7. The molecule has 0 saturated carbocycles. The van der Waals surface area contributed by atoms with Crippen LogP contribution in [0.2, 0.25) is 0 Å². The summed E-state index contributed by atoms with van der Waals surface area (Å²) in [6.45, 7) is 5.36. The topological polar surface area (TPSA) is 40.7 Å². The van der Waals surface area contributed by atoms with Gasteiger partial charge in [-0.15, -0.1) is 0 Å². The highest BCUT2D eigenvalue weighted by atomic mass is 15.1. The molecule has 2 N–H and O–H groups in total. The van der Waals surface area contributed by atoms with E-state index in [1.165, 1.54) is 18.4 Å². The lowest BCUT2D eigenvalue weighted by Gasteiger charge is -2.27. The molecule has 2 rings (SSSR count). The maximum atomic E-state index is 3.99. The Kier molecular flexibility index (Phi) is 5.16. The smallest absolute Gasteiger partial charge is 0.0490 e. The Morgan fingerprint density at radius 2 is 1.84 bits per heavy atom. The Bertz CT molecular complexity index is 446. The first kappa shape index (κ1) is 13.8. The highest BCUT2D eigenvalue weighted by Gasteiger charge is 2.19. The Hall–Kier alpha value is -1.61. The maximum absolute atomic E-state index is 3.99. The molecule has 1 aromatic heterocycles. The molecule has 1 aromatic carbocycles. The van der Waals surface area contributed by atoms with E-state index >= 15 is 0 Å². The van der Waals surface area contributed by atoms with Crippen molar-refractivity contribution in [1.82, 2.24) is 15.5 Å². The van der Waals surface area contributed by atoms with Crippen molar-refractivity contribution < 1.29 is 0 Å². The zero-order valence-corrected chi connectivity index (χ0v) is 11.8. The molecule has 0 radical (unpaired) electrons. The van der Waals surface area contributed by atoms with Gasteiger partial charge in [0.15, 0.2) is 0 Å². The van der Waals surface area contributed by atoms with E-state index in [1.54, 1.807) is 6.20 Å². The van der Waals surface area contributed by atoms with E-state index in [1.807, 2.05) is 6.07 Å². The minimum Gasteiger partial charge on any atom is -0.304 e. The van der Waals surface area contributed by atoms with Crippen LogP contribution in [-0.2, 0) is 6.54 Å². The molecule has 1 atom stereocenters. The predicted octanol–water partition coefficient (Wildman–Crippen LogP) is 3.68. The van der Waals surface area contributed by atoms with Crippen molar-refractivity contribution in [3.63, 3.8) is 0 Å². The highest BCUT2D eigenvalue weighted by Crippen LogP contribution is 2.27. The zero-order chi connectivity index (χ0) is 13.5. The van der Waals surface area contributed by atoms with Gasteiger partial charge < -0.3 is 5.32 Å². The Morgan fingerprint density at radius 1 is 1.11 bits per heavy atom. The first-order valence-corrected chi connectivity index (χ1v) is 7.11. The van der Waals surface area contributed by atoms with Crippen LogP contribution in [0.3, 0.4) is 0 Å². The van der Waals surface area contributed by atoms with Gasteiger partial charge in [0.25, 0.3) is 0 Å². The van der Waals surface area contributed by atoms with Crippen molar-refractivity contribution in [1.29, 1.82) is 0 Å². The molecule has 1 heterocycles. The molecule has 0 fully saturated rings. The Morgan fingerprint density at radius 3 is 2.42 bits per heavy atom. The SMILES string of the molecule is CCC(CC)C(NCc1ccn[nH]1)c1ccccc1. The lowest BCUT2D eigenvalue weighted by molar-refractivity contribution is 0.338. The second kappa shape index (κ2) is 7.10. The van der Waals surface area contributed by atoms with Crippen LogP contribution in [0.1, 0.15) is 44.0 Å². The molecule has 0 saturated heterocycles. The van der Waals surface area contributed by atoms with Gasteiger partial charge in [-0.2, -0.15) is 5.10 Å². The van der Waals surface area contributed by atoms with Crippen LogP contribution in [0, 0.1) is 5.92 Å². The molecule has 0 aliphatic carbocycles. The Labute approximate surface area is 115 Å². The number of H-pyrrole nitrogens is 1. The van der Waals surface area contributed by atoms with Crippen LogP contribution in [0.5, 0.6) is 0 Å². The van der Waals surface area contributed by atoms with Crippen molar-refractivity contribution in [3.8, 4) is 0 Å². The number of hydrogen-bond acceptors (Lipinski definition) is 2. The average molecular weight is 257 g/mol. The van der Waals surface area contributed by atoms with Gasteiger partial charge >= 0.3 is 0 Å². The van der Waals surface area contributed by atoms with Crippen LogP contribution in [0.25, 0.3) is 0 Å². The molecule has 0 aliphatic rings. The summed E-state index contributed by atoms with van der Waals surface area (Å²) in [4.78, 5) is 0. The largest absolute Gasteiger partial charge is 0.304 e. The third-order valence-electron chi connectivity index (χ3n) is 3.75. The number of hydrogen-bond donors (Lipinski definition) is 2. The molecule has 3 nitrogen and oxygen atoms in total. The standard InChI is InChI=1S/C16H23N3/c1-3-13(4-2)16(14-8-6-5-7-9-14)17-12-15-10-11-18-19-15/h5-11,13,16-17H,3-4,12H2,1-2H3,(H,18,19). The summed E-state index contributed by atoms with van der Waals surface area (Å²) >= 11 is 0. The second-order valence-corrected chi connectivity index (χ2v) is 4.93. The van der Waals surface area contributed by atoms with E-state index < -0.39 is 0 Å². The monoisotopic (exact) mass is 257 g/mol. The fraction of sp³-hybridized carbons (Fsp3) is 0.438. The van der Waals surface area contributed by atoms with Crippen LogP contribution in [0.15, 0.2) is 42.6 Å². The average Bonchev–Trinajstić information content (AvgIpc) is 2.97. The number of nitrogens with one attached hydrogen (secondary N) is 2. The lowest BCUT2D eigenvalue weighted by Crippen LogP contribution is -2.27. The summed E-state index contributed by atoms with van der Waals surface area (Å²) in [6, 6.07) is 13.1. The van der Waals surface area contributed by atoms with E-state index in [2.05, 4.69) is 59.7 Å². The minimum atomic E-state index is 0.402. The van der Waals surface area contributed by atoms with Crippen molar-refractivity contribution in [2.24, 2.45) is 5.92 Å². The molecule has 19 heavy (non-hydrogen) atoms. The predicted molar refractivity (Wildman–Crippen MR) is 78.7 cm³/mol. The molecular formula is C16H23N3. The summed E-state index contributed by atoms with van der Waals surface area (Å²) in [5.74, 6) is 0.658. The number of nitrogens with zero attached hydrogens (tertiary/aromatic N) is 1. The van der Waals surface area contributed by atoms with Gasteiger partial charge in [0.05, 0.1) is 0 Å². The van der Waals surface area contributed by atoms with Crippen molar-refractivity contribution >= 4 is 0 Å². The van der Waals surface area contributed by atoms with Gasteiger partial charge in [-0.05, 0) is 17.5 Å². The minimum absolute atomic E-state index is 0.402. The van der Waals surface area contributed by atoms with E-state index in [0.29, 0.717) is 12.0 Å². The fourth-order valence-electron chi connectivity index (χ4n) is 2.58. The van der Waals surface area contributed by atoms with Crippen LogP contribution in [0.4, 0.5) is 0 Å². The third kappa shape index (κ3) is 3.67. The normalized spacial score (nSPS) is 12.8. The molecule has 2 aromatic rings. The number of rotatable bonds is 7. The number of benzene rings is 1. The van der Waals surface area contributed by atoms with Gasteiger partial charge in [-0.25, -0.2) is 0 Å². The zero-order valence-electron chi connectivity index (χ0n) is 11.8. The van der Waals surface area contributed by atoms with E-state index in [4.69, 9.17) is 0 Å². The maximum Gasteiger partial charge on any atom is 0.0490 e. The summed E-state index contributed by atoms with van der Waals surface area (Å²) < 4.78 is 0. The first-order valence-electron chi connectivity index (χ1n) is 7.11. The van der Waals surface area contributed by atoms with E-state index in [9.17, 15) is 0 Å². The molecule has 3 heteroatoms. The van der Waals surface area contributed by atoms with Crippen molar-refractivity contribution in [2.45, 2.75) is 39.3 Å². The summed E-state index contributed by atoms with van der Waals surface area (Å²) in [5.41, 5.74) is 2.50. The molecule has 1 unspecified atom stereocenters. The summed E-state index contributed by atoms with van der Waals surface area (Å²) in [7, 11) is 0. The Balaban J connectivity index is 2.10. The van der Waals surface area contributed by atoms with Gasteiger partial charge in [-0.3, -0.25) is 5.10 Å². The fourth-order valence-corrected chi connectivity index (χ4v) is 2.58. The highest BCUT2D eigenvalue weighted by molar-refractivity contribution is 5.20. The van der Waals surface area contributed by atoms with Gasteiger partial charge in [0, 0.05) is 24.5 Å². The van der Waals surface area contributed by atoms with Gasteiger partial charge in [0.2, 0.25) is 0 Å². The molecular weight excluding hydrogens is 234 g/mol. The second-order valence-electron chi connectivity index (χ2n) is 4.93. The molecule has 0 aliphatic heterocycles. The van der Waals surface area contributed by atoms with Crippen molar-refractivity contribution in [3.05, 3.63) is 53.9 Å². The quantitative estimate of drug-likeness (QED) is 0.794.